The van der Waals surface area contributed by atoms with Crippen LogP contribution in [0.5, 0.6) is 11.8 Å². The van der Waals surface area contributed by atoms with E-state index in [0.29, 0.717) is 16.6 Å². The average Bonchev–Trinajstić information content (AvgIpc) is 2.65. The highest BCUT2D eigenvalue weighted by atomic mass is 32.1. The van der Waals surface area contributed by atoms with Gasteiger partial charge in [0.05, 0.1) is 12.5 Å². The molecule has 0 saturated carbocycles. The summed E-state index contributed by atoms with van der Waals surface area (Å²) in [5, 5.41) is 11.3. The quantitative estimate of drug-likeness (QED) is 0.807. The fourth-order valence-corrected chi connectivity index (χ4v) is 1.60. The topological polar surface area (TPSA) is 68.1 Å². The van der Waals surface area contributed by atoms with Crippen molar-refractivity contribution in [3.63, 3.8) is 0 Å². The van der Waals surface area contributed by atoms with Crippen LogP contribution in [0.15, 0.2) is 17.8 Å². The number of methoxy groups -OCH3 is 1. The van der Waals surface area contributed by atoms with E-state index in [1.54, 1.807) is 11.4 Å². The van der Waals surface area contributed by atoms with Gasteiger partial charge in [-0.15, -0.1) is 11.3 Å². The molecule has 0 saturated heterocycles. The number of aromatic hydroxyl groups is 1. The van der Waals surface area contributed by atoms with Crippen LogP contribution >= 0.6 is 11.3 Å². The molecule has 0 amide bonds. The molecule has 0 fully saturated rings. The number of thiazole rings is 1. The zero-order valence-electron chi connectivity index (χ0n) is 7.34. The molecule has 2 aromatic rings. The molecule has 0 aliphatic carbocycles. The van der Waals surface area contributed by atoms with E-state index < -0.39 is 0 Å². The molecule has 72 valence electrons. The van der Waals surface area contributed by atoms with Crippen molar-refractivity contribution in [3.05, 3.63) is 17.8 Å². The maximum Gasteiger partial charge on any atom is 0.222 e. The molecule has 0 aromatic carbocycles. The van der Waals surface area contributed by atoms with Crippen molar-refractivity contribution in [1.29, 1.82) is 0 Å². The molecule has 0 bridgehead atoms. The smallest absolute Gasteiger partial charge is 0.222 e. The summed E-state index contributed by atoms with van der Waals surface area (Å²) < 4.78 is 4.95. The number of hydrogen-bond donors (Lipinski definition) is 1. The number of hydrogen-bond acceptors (Lipinski definition) is 6. The van der Waals surface area contributed by atoms with E-state index in [4.69, 9.17) is 9.84 Å². The van der Waals surface area contributed by atoms with Gasteiger partial charge in [-0.05, 0) is 0 Å². The van der Waals surface area contributed by atoms with Crippen LogP contribution < -0.4 is 4.74 Å². The molecule has 0 radical (unpaired) electrons. The number of nitrogens with zero attached hydrogens (tertiary/aromatic N) is 3. The van der Waals surface area contributed by atoms with Gasteiger partial charge in [0.2, 0.25) is 11.8 Å². The normalized spacial score (nSPS) is 10.1. The fraction of sp³-hybridized carbons (Fsp3) is 0.125. The second kappa shape index (κ2) is 3.59. The van der Waals surface area contributed by atoms with Gasteiger partial charge >= 0.3 is 0 Å². The van der Waals surface area contributed by atoms with Crippen molar-refractivity contribution in [2.75, 3.05) is 7.11 Å². The number of aromatic nitrogens is 3. The van der Waals surface area contributed by atoms with Gasteiger partial charge in [-0.25, -0.2) is 15.0 Å². The third-order valence-corrected chi connectivity index (χ3v) is 2.41. The molecule has 0 spiro atoms. The van der Waals surface area contributed by atoms with Crippen LogP contribution in [-0.4, -0.2) is 27.2 Å². The molecule has 5 nitrogen and oxygen atoms in total. The Bertz CT molecular complexity index is 444. The lowest BCUT2D eigenvalue weighted by Gasteiger charge is -1.98. The highest BCUT2D eigenvalue weighted by molar-refractivity contribution is 7.13. The van der Waals surface area contributed by atoms with Crippen molar-refractivity contribution in [1.82, 2.24) is 15.0 Å². The third kappa shape index (κ3) is 1.64. The van der Waals surface area contributed by atoms with E-state index in [1.807, 2.05) is 0 Å². The van der Waals surface area contributed by atoms with Gasteiger partial charge in [-0.1, -0.05) is 0 Å². The summed E-state index contributed by atoms with van der Waals surface area (Å²) in [5.41, 5.74) is 0.641. The van der Waals surface area contributed by atoms with Crippen LogP contribution in [-0.2, 0) is 0 Å². The van der Waals surface area contributed by atoms with Crippen molar-refractivity contribution >= 4 is 11.3 Å². The molecule has 2 heterocycles. The standard InChI is InChI=1S/C8H7N3O2S/c1-13-7-2-5(9-4-10-7)8-11-6(12)3-14-8/h2-4,12H,1H3. The van der Waals surface area contributed by atoms with Gasteiger partial charge in [0.15, 0.2) is 0 Å². The molecule has 0 unspecified atom stereocenters. The maximum absolute atomic E-state index is 9.07. The van der Waals surface area contributed by atoms with Crippen molar-refractivity contribution < 1.29 is 9.84 Å². The minimum Gasteiger partial charge on any atom is -0.493 e. The lowest BCUT2D eigenvalue weighted by Crippen LogP contribution is -1.90. The van der Waals surface area contributed by atoms with Crippen molar-refractivity contribution in [2.24, 2.45) is 0 Å². The Hall–Kier alpha value is -1.69. The van der Waals surface area contributed by atoms with Gasteiger partial charge < -0.3 is 9.84 Å². The van der Waals surface area contributed by atoms with Gasteiger partial charge in [-0.2, -0.15) is 0 Å². The molecule has 6 heteroatoms. The Morgan fingerprint density at radius 3 is 2.93 bits per heavy atom. The summed E-state index contributed by atoms with van der Waals surface area (Å²) in [6, 6.07) is 1.66. The molecular formula is C8H7N3O2S. The minimum atomic E-state index is 0.00239. The van der Waals surface area contributed by atoms with Crippen LogP contribution in [0, 0.1) is 0 Å². The highest BCUT2D eigenvalue weighted by Crippen LogP contribution is 2.25. The Morgan fingerprint density at radius 2 is 2.29 bits per heavy atom. The third-order valence-electron chi connectivity index (χ3n) is 1.56. The van der Waals surface area contributed by atoms with E-state index in [9.17, 15) is 0 Å². The average molecular weight is 209 g/mol. The van der Waals surface area contributed by atoms with E-state index in [-0.39, 0.29) is 5.88 Å². The first-order chi connectivity index (χ1) is 6.79. The predicted octanol–water partition coefficient (Wildman–Crippen LogP) is 1.31. The zero-order valence-corrected chi connectivity index (χ0v) is 8.15. The SMILES string of the molecule is COc1cc(-c2nc(O)cs2)ncn1. The molecule has 0 aliphatic rings. The van der Waals surface area contributed by atoms with Crippen LogP contribution in [0.1, 0.15) is 0 Å². The van der Waals surface area contributed by atoms with Crippen molar-refractivity contribution in [2.45, 2.75) is 0 Å². The lowest BCUT2D eigenvalue weighted by atomic mass is 10.4. The molecule has 2 rings (SSSR count). The Labute approximate surface area is 84.1 Å². The number of rotatable bonds is 2. The summed E-state index contributed by atoms with van der Waals surface area (Å²) in [5.74, 6) is 0.479. The van der Waals surface area contributed by atoms with E-state index in [0.717, 1.165) is 0 Å². The Kier molecular flexibility index (Phi) is 2.28. The van der Waals surface area contributed by atoms with Crippen LogP contribution in [0.2, 0.25) is 0 Å². The van der Waals surface area contributed by atoms with E-state index in [1.165, 1.54) is 24.8 Å². The van der Waals surface area contributed by atoms with Crippen LogP contribution in [0.3, 0.4) is 0 Å². The minimum absolute atomic E-state index is 0.00239. The fourth-order valence-electron chi connectivity index (χ4n) is 0.951. The summed E-state index contributed by atoms with van der Waals surface area (Å²) in [6.45, 7) is 0. The first kappa shape index (κ1) is 8.89. The molecule has 0 atom stereocenters. The summed E-state index contributed by atoms with van der Waals surface area (Å²) in [6.07, 6.45) is 1.40. The summed E-state index contributed by atoms with van der Waals surface area (Å²) >= 11 is 1.31. The van der Waals surface area contributed by atoms with Gasteiger partial charge in [-0.3, -0.25) is 0 Å². The second-order valence-electron chi connectivity index (χ2n) is 2.46. The predicted molar refractivity (Wildman–Crippen MR) is 51.4 cm³/mol. The molecule has 2 aromatic heterocycles. The van der Waals surface area contributed by atoms with Gasteiger partial charge in [0.25, 0.3) is 0 Å². The second-order valence-corrected chi connectivity index (χ2v) is 3.31. The first-order valence-corrected chi connectivity index (χ1v) is 4.68. The molecule has 14 heavy (non-hydrogen) atoms. The Balaban J connectivity index is 2.41. The molecule has 0 aliphatic heterocycles. The largest absolute Gasteiger partial charge is 0.493 e. The molecular weight excluding hydrogens is 202 g/mol. The number of ether oxygens (including phenoxy) is 1. The monoisotopic (exact) mass is 209 g/mol. The van der Waals surface area contributed by atoms with E-state index in [2.05, 4.69) is 15.0 Å². The maximum atomic E-state index is 9.07. The van der Waals surface area contributed by atoms with Gasteiger partial charge in [0, 0.05) is 6.07 Å². The van der Waals surface area contributed by atoms with Crippen LogP contribution in [0.4, 0.5) is 0 Å². The van der Waals surface area contributed by atoms with Crippen LogP contribution in [0.25, 0.3) is 10.7 Å². The van der Waals surface area contributed by atoms with Gasteiger partial charge in [0.1, 0.15) is 17.0 Å². The Morgan fingerprint density at radius 1 is 1.43 bits per heavy atom. The molecule has 1 N–H and O–H groups in total. The summed E-state index contributed by atoms with van der Waals surface area (Å²) in [7, 11) is 1.53. The first-order valence-electron chi connectivity index (χ1n) is 3.80. The highest BCUT2D eigenvalue weighted by Gasteiger charge is 2.06. The van der Waals surface area contributed by atoms with Crippen molar-refractivity contribution in [3.8, 4) is 22.5 Å². The zero-order chi connectivity index (χ0) is 9.97. The summed E-state index contributed by atoms with van der Waals surface area (Å²) in [4.78, 5) is 11.8. The van der Waals surface area contributed by atoms with E-state index >= 15 is 0 Å². The lowest BCUT2D eigenvalue weighted by molar-refractivity contribution is 0.397.